The first-order valence-electron chi connectivity index (χ1n) is 8.23. The number of ether oxygens (including phenoxy) is 1. The van der Waals surface area contributed by atoms with Crippen LogP contribution in [0.5, 0.6) is 11.5 Å². The van der Waals surface area contributed by atoms with Gasteiger partial charge < -0.3 is 10.1 Å². The number of aryl methyl sites for hydroxylation is 2. The number of aromatic nitrogens is 4. The van der Waals surface area contributed by atoms with Crippen molar-refractivity contribution in [1.82, 2.24) is 20.2 Å². The molecule has 0 radical (unpaired) electrons. The number of anilines is 2. The third kappa shape index (κ3) is 3.30. The largest absolute Gasteiger partial charge is 0.456 e. The molecule has 4 aromatic rings. The zero-order chi connectivity index (χ0) is 17.9. The maximum absolute atomic E-state index is 5.73. The van der Waals surface area contributed by atoms with Crippen molar-refractivity contribution < 1.29 is 4.74 Å². The Morgan fingerprint density at radius 1 is 0.846 bits per heavy atom. The van der Waals surface area contributed by atoms with Crippen LogP contribution >= 0.6 is 0 Å². The summed E-state index contributed by atoms with van der Waals surface area (Å²) < 4.78 is 5.73. The lowest BCUT2D eigenvalue weighted by atomic mass is 10.1. The molecule has 1 N–H and O–H groups in total. The topological polar surface area (TPSA) is 72.8 Å². The van der Waals surface area contributed by atoms with Crippen molar-refractivity contribution in [1.29, 1.82) is 0 Å². The molecular weight excluding hydrogens is 326 g/mol. The standard InChI is InChI=1S/C20H17N5O/c1-13-9-18-19(10-14(13)2)21-12-22-20(18)25-15-3-5-16(6-4-15)26-17-7-8-23-24-11-17/h3-12H,1-2H3,(H,21,22,25). The van der Waals surface area contributed by atoms with Crippen LogP contribution in [0.2, 0.25) is 0 Å². The van der Waals surface area contributed by atoms with Gasteiger partial charge in [0.2, 0.25) is 0 Å². The van der Waals surface area contributed by atoms with Gasteiger partial charge in [-0.2, -0.15) is 10.2 Å². The van der Waals surface area contributed by atoms with Crippen molar-refractivity contribution in [2.75, 3.05) is 5.32 Å². The molecule has 0 aliphatic carbocycles. The molecule has 2 aromatic carbocycles. The Morgan fingerprint density at radius 3 is 2.42 bits per heavy atom. The van der Waals surface area contributed by atoms with Crippen LogP contribution in [-0.4, -0.2) is 20.2 Å². The molecule has 4 rings (SSSR count). The van der Waals surface area contributed by atoms with E-state index >= 15 is 0 Å². The Labute approximate surface area is 150 Å². The normalized spacial score (nSPS) is 10.7. The lowest BCUT2D eigenvalue weighted by Gasteiger charge is -2.11. The third-order valence-corrected chi connectivity index (χ3v) is 4.16. The van der Waals surface area contributed by atoms with Crippen molar-refractivity contribution in [3.05, 3.63) is 72.3 Å². The number of nitrogens with one attached hydrogen (secondary N) is 1. The van der Waals surface area contributed by atoms with E-state index in [1.54, 1.807) is 24.8 Å². The maximum Gasteiger partial charge on any atom is 0.149 e. The zero-order valence-electron chi connectivity index (χ0n) is 14.5. The number of nitrogens with zero attached hydrogens (tertiary/aromatic N) is 4. The smallest absolute Gasteiger partial charge is 0.149 e. The predicted octanol–water partition coefficient (Wildman–Crippen LogP) is 4.57. The number of rotatable bonds is 4. The van der Waals surface area contributed by atoms with Crippen molar-refractivity contribution in [3.63, 3.8) is 0 Å². The number of hydrogen-bond donors (Lipinski definition) is 1. The molecule has 0 saturated carbocycles. The van der Waals surface area contributed by atoms with Gasteiger partial charge in [0.1, 0.15) is 23.6 Å². The summed E-state index contributed by atoms with van der Waals surface area (Å²) in [5, 5.41) is 11.9. The highest BCUT2D eigenvalue weighted by atomic mass is 16.5. The van der Waals surface area contributed by atoms with Gasteiger partial charge in [0.15, 0.2) is 0 Å². The Balaban J connectivity index is 1.58. The fraction of sp³-hybridized carbons (Fsp3) is 0.100. The molecule has 0 spiro atoms. The SMILES string of the molecule is Cc1cc2ncnc(Nc3ccc(Oc4ccnnc4)cc3)c2cc1C. The zero-order valence-corrected chi connectivity index (χ0v) is 14.5. The molecule has 0 fully saturated rings. The van der Waals surface area contributed by atoms with Crippen LogP contribution in [0.4, 0.5) is 11.5 Å². The average Bonchev–Trinajstić information content (AvgIpc) is 2.66. The summed E-state index contributed by atoms with van der Waals surface area (Å²) in [5.74, 6) is 2.15. The number of hydrogen-bond acceptors (Lipinski definition) is 6. The van der Waals surface area contributed by atoms with Crippen LogP contribution in [-0.2, 0) is 0 Å². The quantitative estimate of drug-likeness (QED) is 0.585. The van der Waals surface area contributed by atoms with E-state index in [0.717, 1.165) is 28.2 Å². The summed E-state index contributed by atoms with van der Waals surface area (Å²) >= 11 is 0. The molecule has 6 heteroatoms. The van der Waals surface area contributed by atoms with E-state index in [0.29, 0.717) is 5.75 Å². The molecule has 0 amide bonds. The van der Waals surface area contributed by atoms with Crippen LogP contribution in [0.1, 0.15) is 11.1 Å². The lowest BCUT2D eigenvalue weighted by Crippen LogP contribution is -1.97. The lowest BCUT2D eigenvalue weighted by molar-refractivity contribution is 0.478. The van der Waals surface area contributed by atoms with Crippen molar-refractivity contribution in [2.45, 2.75) is 13.8 Å². The molecule has 0 aliphatic heterocycles. The summed E-state index contributed by atoms with van der Waals surface area (Å²) in [4.78, 5) is 8.76. The fourth-order valence-electron chi connectivity index (χ4n) is 2.63. The second-order valence-electron chi connectivity index (χ2n) is 6.01. The molecule has 0 saturated heterocycles. The van der Waals surface area contributed by atoms with Crippen LogP contribution < -0.4 is 10.1 Å². The van der Waals surface area contributed by atoms with Crippen molar-refractivity contribution in [3.8, 4) is 11.5 Å². The second-order valence-corrected chi connectivity index (χ2v) is 6.01. The molecule has 2 aromatic heterocycles. The van der Waals surface area contributed by atoms with Gasteiger partial charge in [-0.25, -0.2) is 9.97 Å². The van der Waals surface area contributed by atoms with Gasteiger partial charge >= 0.3 is 0 Å². The van der Waals surface area contributed by atoms with Crippen LogP contribution in [0, 0.1) is 13.8 Å². The maximum atomic E-state index is 5.73. The van der Waals surface area contributed by atoms with E-state index in [9.17, 15) is 0 Å². The molecule has 0 unspecified atom stereocenters. The molecule has 0 aliphatic rings. The van der Waals surface area contributed by atoms with Gasteiger partial charge in [-0.1, -0.05) is 0 Å². The highest BCUT2D eigenvalue weighted by Crippen LogP contribution is 2.27. The summed E-state index contributed by atoms with van der Waals surface area (Å²) in [6.07, 6.45) is 4.74. The van der Waals surface area contributed by atoms with Crippen molar-refractivity contribution in [2.24, 2.45) is 0 Å². The van der Waals surface area contributed by atoms with Gasteiger partial charge in [-0.3, -0.25) is 0 Å². The van der Waals surface area contributed by atoms with E-state index in [1.807, 2.05) is 24.3 Å². The molecular formula is C20H17N5O. The molecule has 128 valence electrons. The summed E-state index contributed by atoms with van der Waals surface area (Å²) in [5.41, 5.74) is 4.28. The van der Waals surface area contributed by atoms with Crippen molar-refractivity contribution >= 4 is 22.4 Å². The number of benzene rings is 2. The van der Waals surface area contributed by atoms with E-state index in [2.05, 4.69) is 51.5 Å². The van der Waals surface area contributed by atoms with E-state index in [-0.39, 0.29) is 0 Å². The van der Waals surface area contributed by atoms with E-state index in [4.69, 9.17) is 4.74 Å². The summed E-state index contributed by atoms with van der Waals surface area (Å²) in [6.45, 7) is 4.17. The second kappa shape index (κ2) is 6.76. The Bertz CT molecular complexity index is 1050. The minimum atomic E-state index is 0.647. The highest BCUT2D eigenvalue weighted by molar-refractivity contribution is 5.91. The monoisotopic (exact) mass is 343 g/mol. The van der Waals surface area contributed by atoms with Gasteiger partial charge in [-0.15, -0.1) is 0 Å². The summed E-state index contributed by atoms with van der Waals surface area (Å²) in [6, 6.07) is 13.6. The minimum Gasteiger partial charge on any atom is -0.456 e. The van der Waals surface area contributed by atoms with E-state index < -0.39 is 0 Å². The highest BCUT2D eigenvalue weighted by Gasteiger charge is 2.07. The number of fused-ring (bicyclic) bond motifs is 1. The van der Waals surface area contributed by atoms with Crippen LogP contribution in [0.15, 0.2) is 61.2 Å². The molecule has 0 bridgehead atoms. The van der Waals surface area contributed by atoms with Gasteiger partial charge in [0.05, 0.1) is 17.9 Å². The van der Waals surface area contributed by atoms with Gasteiger partial charge in [0.25, 0.3) is 0 Å². The Kier molecular flexibility index (Phi) is 4.15. The first kappa shape index (κ1) is 16.0. The minimum absolute atomic E-state index is 0.647. The fourth-order valence-corrected chi connectivity index (χ4v) is 2.63. The van der Waals surface area contributed by atoms with Crippen LogP contribution in [0.3, 0.4) is 0 Å². The first-order valence-corrected chi connectivity index (χ1v) is 8.23. The van der Waals surface area contributed by atoms with Gasteiger partial charge in [-0.05, 0) is 61.4 Å². The van der Waals surface area contributed by atoms with E-state index in [1.165, 1.54) is 11.1 Å². The Morgan fingerprint density at radius 2 is 1.65 bits per heavy atom. The molecule has 0 atom stereocenters. The third-order valence-electron chi connectivity index (χ3n) is 4.16. The average molecular weight is 343 g/mol. The Hall–Kier alpha value is -3.54. The molecule has 26 heavy (non-hydrogen) atoms. The predicted molar refractivity (Wildman–Crippen MR) is 101 cm³/mol. The molecule has 2 heterocycles. The summed E-state index contributed by atoms with van der Waals surface area (Å²) in [7, 11) is 0. The van der Waals surface area contributed by atoms with Gasteiger partial charge in [0, 0.05) is 17.1 Å². The van der Waals surface area contributed by atoms with Crippen LogP contribution in [0.25, 0.3) is 10.9 Å². The first-order chi connectivity index (χ1) is 12.7. The molecule has 6 nitrogen and oxygen atoms in total.